The zero-order valence-electron chi connectivity index (χ0n) is 11.7. The summed E-state index contributed by atoms with van der Waals surface area (Å²) >= 11 is 3.13. The molecule has 19 heavy (non-hydrogen) atoms. The van der Waals surface area contributed by atoms with Gasteiger partial charge in [0.15, 0.2) is 0 Å². The van der Waals surface area contributed by atoms with Gasteiger partial charge >= 0.3 is 0 Å². The first kappa shape index (κ1) is 16.0. The quantitative estimate of drug-likeness (QED) is 0.867. The van der Waals surface area contributed by atoms with Gasteiger partial charge in [0.1, 0.15) is 5.82 Å². The fourth-order valence-corrected chi connectivity index (χ4v) is 1.94. The maximum atomic E-state index is 13.4. The van der Waals surface area contributed by atoms with Crippen LogP contribution in [0.1, 0.15) is 26.3 Å². The van der Waals surface area contributed by atoms with Crippen molar-refractivity contribution in [3.8, 4) is 0 Å². The lowest BCUT2D eigenvalue weighted by atomic mass is 10.1. The van der Waals surface area contributed by atoms with Gasteiger partial charge < -0.3 is 10.6 Å². The fourth-order valence-electron chi connectivity index (χ4n) is 1.48. The molecule has 0 fully saturated rings. The van der Waals surface area contributed by atoms with E-state index in [2.05, 4.69) is 26.6 Å². The molecule has 5 heteroatoms. The summed E-state index contributed by atoms with van der Waals surface area (Å²) in [5, 5.41) is 5.84. The minimum Gasteiger partial charge on any atom is -0.376 e. The van der Waals surface area contributed by atoms with E-state index in [1.165, 1.54) is 6.07 Å². The molecule has 1 unspecified atom stereocenters. The molecule has 0 spiro atoms. The third-order valence-corrected chi connectivity index (χ3v) is 3.70. The number of nitrogens with one attached hydrogen (secondary N) is 2. The summed E-state index contributed by atoms with van der Waals surface area (Å²) in [5.74, 6) is -0.0520. The third kappa shape index (κ3) is 4.82. The molecule has 3 nitrogen and oxygen atoms in total. The number of aryl methyl sites for hydroxylation is 1. The lowest BCUT2D eigenvalue weighted by molar-refractivity contribution is -0.120. The molecule has 106 valence electrons. The molecular formula is C14H20BrFN2O. The molecule has 0 saturated carbocycles. The first-order valence-electron chi connectivity index (χ1n) is 6.30. The van der Waals surface area contributed by atoms with Crippen molar-refractivity contribution < 1.29 is 9.18 Å². The highest BCUT2D eigenvalue weighted by Gasteiger charge is 2.11. The Labute approximate surface area is 122 Å². The number of halogens is 2. The Hall–Kier alpha value is -1.10. The van der Waals surface area contributed by atoms with Crippen LogP contribution in [0.25, 0.3) is 0 Å². The smallest absolute Gasteiger partial charge is 0.239 e. The molecule has 0 bridgehead atoms. The largest absolute Gasteiger partial charge is 0.376 e. The van der Waals surface area contributed by atoms with Crippen LogP contribution in [-0.4, -0.2) is 18.5 Å². The molecule has 1 atom stereocenters. The van der Waals surface area contributed by atoms with E-state index < -0.39 is 0 Å². The average Bonchev–Trinajstić information content (AvgIpc) is 2.32. The number of hydrogen-bond donors (Lipinski definition) is 2. The zero-order chi connectivity index (χ0) is 14.6. The molecular weight excluding hydrogens is 311 g/mol. The van der Waals surface area contributed by atoms with Crippen LogP contribution in [-0.2, 0) is 4.79 Å². The van der Waals surface area contributed by atoms with Gasteiger partial charge in [-0.15, -0.1) is 0 Å². The Morgan fingerprint density at radius 3 is 2.58 bits per heavy atom. The van der Waals surface area contributed by atoms with Crippen LogP contribution in [0.4, 0.5) is 10.1 Å². The number of carbonyl (C=O) groups excluding carboxylic acids is 1. The number of hydrogen-bond acceptors (Lipinski definition) is 2. The molecule has 0 heterocycles. The number of benzene rings is 1. The van der Waals surface area contributed by atoms with E-state index in [0.29, 0.717) is 16.1 Å². The molecule has 0 aliphatic rings. The summed E-state index contributed by atoms with van der Waals surface area (Å²) in [6.45, 7) is 8.06. The molecule has 1 amide bonds. The summed E-state index contributed by atoms with van der Waals surface area (Å²) in [5.41, 5.74) is 1.52. The van der Waals surface area contributed by atoms with Crippen LogP contribution in [0.3, 0.4) is 0 Å². The topological polar surface area (TPSA) is 41.1 Å². The number of anilines is 1. The van der Waals surface area contributed by atoms with Gasteiger partial charge in [-0.25, -0.2) is 4.39 Å². The van der Waals surface area contributed by atoms with Crippen molar-refractivity contribution in [2.75, 3.05) is 11.9 Å². The molecule has 1 aromatic carbocycles. The minimum absolute atomic E-state index is 0.0936. The van der Waals surface area contributed by atoms with E-state index in [1.54, 1.807) is 6.07 Å². The molecule has 0 saturated heterocycles. The Bertz CT molecular complexity index is 463. The van der Waals surface area contributed by atoms with E-state index in [-0.39, 0.29) is 24.3 Å². The van der Waals surface area contributed by atoms with Crippen LogP contribution < -0.4 is 10.6 Å². The van der Waals surface area contributed by atoms with Crippen LogP contribution in [0.15, 0.2) is 16.6 Å². The van der Waals surface area contributed by atoms with Gasteiger partial charge in [0.25, 0.3) is 0 Å². The molecule has 1 rings (SSSR count). The normalized spacial score (nSPS) is 12.4. The highest BCUT2D eigenvalue weighted by Crippen LogP contribution is 2.23. The van der Waals surface area contributed by atoms with Gasteiger partial charge in [0, 0.05) is 11.7 Å². The van der Waals surface area contributed by atoms with Gasteiger partial charge in [0.2, 0.25) is 5.91 Å². The predicted molar refractivity (Wildman–Crippen MR) is 79.8 cm³/mol. The number of carbonyl (C=O) groups is 1. The SMILES string of the molecule is Cc1cc(Br)c(F)cc1NCC(=O)NC(C)C(C)C. The van der Waals surface area contributed by atoms with Gasteiger partial charge in [0.05, 0.1) is 11.0 Å². The van der Waals surface area contributed by atoms with Gasteiger partial charge in [-0.3, -0.25) is 4.79 Å². The summed E-state index contributed by atoms with van der Waals surface area (Å²) in [7, 11) is 0. The maximum absolute atomic E-state index is 13.4. The Kier molecular flexibility index (Phi) is 5.79. The zero-order valence-corrected chi connectivity index (χ0v) is 13.3. The van der Waals surface area contributed by atoms with Crippen molar-refractivity contribution >= 4 is 27.5 Å². The lowest BCUT2D eigenvalue weighted by Crippen LogP contribution is -2.39. The lowest BCUT2D eigenvalue weighted by Gasteiger charge is -2.18. The maximum Gasteiger partial charge on any atom is 0.239 e. The second-order valence-electron chi connectivity index (χ2n) is 5.03. The van der Waals surface area contributed by atoms with Crippen LogP contribution >= 0.6 is 15.9 Å². The highest BCUT2D eigenvalue weighted by atomic mass is 79.9. The second kappa shape index (κ2) is 6.89. The van der Waals surface area contributed by atoms with E-state index in [4.69, 9.17) is 0 Å². The summed E-state index contributed by atoms with van der Waals surface area (Å²) in [6.07, 6.45) is 0. The van der Waals surface area contributed by atoms with Gasteiger partial charge in [-0.2, -0.15) is 0 Å². The van der Waals surface area contributed by atoms with Crippen LogP contribution in [0, 0.1) is 18.7 Å². The molecule has 1 aromatic rings. The molecule has 0 aromatic heterocycles. The van der Waals surface area contributed by atoms with E-state index in [1.807, 2.05) is 27.7 Å². The van der Waals surface area contributed by atoms with Crippen molar-refractivity contribution in [2.24, 2.45) is 5.92 Å². The first-order chi connectivity index (χ1) is 8.81. The highest BCUT2D eigenvalue weighted by molar-refractivity contribution is 9.10. The van der Waals surface area contributed by atoms with Gasteiger partial charge in [-0.05, 0) is 53.4 Å². The van der Waals surface area contributed by atoms with Crippen molar-refractivity contribution in [3.05, 3.63) is 28.0 Å². The van der Waals surface area contributed by atoms with E-state index >= 15 is 0 Å². The molecule has 0 radical (unpaired) electrons. The summed E-state index contributed by atoms with van der Waals surface area (Å²) in [4.78, 5) is 11.7. The van der Waals surface area contributed by atoms with Crippen molar-refractivity contribution in [2.45, 2.75) is 33.7 Å². The minimum atomic E-state index is -0.343. The predicted octanol–water partition coefficient (Wildman–Crippen LogP) is 3.47. The van der Waals surface area contributed by atoms with Crippen LogP contribution in [0.2, 0.25) is 0 Å². The van der Waals surface area contributed by atoms with E-state index in [9.17, 15) is 9.18 Å². The number of amides is 1. The standard InChI is InChI=1S/C14H20BrFN2O/c1-8(2)10(4)18-14(19)7-17-13-6-12(16)11(15)5-9(13)3/h5-6,8,10,17H,7H2,1-4H3,(H,18,19). The fraction of sp³-hybridized carbons (Fsp3) is 0.500. The summed E-state index contributed by atoms with van der Waals surface area (Å²) in [6, 6.07) is 3.20. The number of rotatable bonds is 5. The van der Waals surface area contributed by atoms with E-state index in [0.717, 1.165) is 5.56 Å². The third-order valence-electron chi connectivity index (χ3n) is 3.10. The Morgan fingerprint density at radius 2 is 2.00 bits per heavy atom. The Morgan fingerprint density at radius 1 is 1.37 bits per heavy atom. The molecule has 0 aliphatic heterocycles. The van der Waals surface area contributed by atoms with Crippen LogP contribution in [0.5, 0.6) is 0 Å². The van der Waals surface area contributed by atoms with Crippen molar-refractivity contribution in [1.29, 1.82) is 0 Å². The van der Waals surface area contributed by atoms with Gasteiger partial charge in [-0.1, -0.05) is 13.8 Å². The second-order valence-corrected chi connectivity index (χ2v) is 5.89. The first-order valence-corrected chi connectivity index (χ1v) is 7.09. The van der Waals surface area contributed by atoms with Crippen molar-refractivity contribution in [1.82, 2.24) is 5.32 Å². The Balaban J connectivity index is 2.58. The van der Waals surface area contributed by atoms with Crippen molar-refractivity contribution in [3.63, 3.8) is 0 Å². The molecule has 0 aliphatic carbocycles. The summed E-state index contributed by atoms with van der Waals surface area (Å²) < 4.78 is 13.8. The average molecular weight is 331 g/mol. The molecule has 2 N–H and O–H groups in total. The monoisotopic (exact) mass is 330 g/mol.